The maximum Gasteiger partial charge on any atom is 0.254 e. The fraction of sp³-hybridized carbons (Fsp3) is 0.216. The zero-order valence-electron chi connectivity index (χ0n) is 27.9. The van der Waals surface area contributed by atoms with Crippen molar-refractivity contribution in [2.24, 2.45) is 5.73 Å². The molecule has 3 heterocycles. The maximum atomic E-state index is 13.5. The van der Waals surface area contributed by atoms with E-state index in [4.69, 9.17) is 10.5 Å². The zero-order chi connectivity index (χ0) is 35.4. The Morgan fingerprint density at radius 1 is 0.960 bits per heavy atom. The van der Waals surface area contributed by atoms with Crippen LogP contribution in [0.2, 0.25) is 0 Å². The van der Waals surface area contributed by atoms with Crippen LogP contribution in [0, 0.1) is 5.82 Å². The predicted octanol–water partition coefficient (Wildman–Crippen LogP) is 4.67. The van der Waals surface area contributed by atoms with Gasteiger partial charge in [0, 0.05) is 69.1 Å². The summed E-state index contributed by atoms with van der Waals surface area (Å²) in [6.07, 6.45) is 4.50. The van der Waals surface area contributed by atoms with E-state index in [9.17, 15) is 18.8 Å². The van der Waals surface area contributed by atoms with Gasteiger partial charge in [0.2, 0.25) is 23.2 Å². The molecule has 2 amide bonds. The van der Waals surface area contributed by atoms with Crippen LogP contribution in [0.5, 0.6) is 11.6 Å². The van der Waals surface area contributed by atoms with Gasteiger partial charge in [0.1, 0.15) is 17.1 Å². The largest absolute Gasteiger partial charge is 0.439 e. The number of halogens is 1. The highest BCUT2D eigenvalue weighted by Gasteiger charge is 2.28. The summed E-state index contributed by atoms with van der Waals surface area (Å²) in [7, 11) is 3.86. The molecule has 0 spiro atoms. The molecule has 1 aliphatic rings. The Morgan fingerprint density at radius 2 is 1.66 bits per heavy atom. The Labute approximate surface area is 288 Å². The number of carbonyl (C=O) groups excluding carboxylic acids is 2. The molecule has 1 saturated heterocycles. The molecule has 3 aromatic carbocycles. The molecule has 0 aliphatic carbocycles. The van der Waals surface area contributed by atoms with Gasteiger partial charge < -0.3 is 30.2 Å². The van der Waals surface area contributed by atoms with Gasteiger partial charge in [-0.1, -0.05) is 24.3 Å². The van der Waals surface area contributed by atoms with Crippen LogP contribution < -0.4 is 26.1 Å². The highest BCUT2D eigenvalue weighted by atomic mass is 19.1. The summed E-state index contributed by atoms with van der Waals surface area (Å²) in [5.74, 6) is -0.305. The average Bonchev–Trinajstić information content (AvgIpc) is 3.12. The molecular formula is C37H37FN8O4. The second-order valence-corrected chi connectivity index (χ2v) is 12.1. The minimum absolute atomic E-state index is 0.00934. The van der Waals surface area contributed by atoms with E-state index in [1.54, 1.807) is 59.2 Å². The fourth-order valence-corrected chi connectivity index (χ4v) is 5.76. The number of para-hydroxylation sites is 2. The number of primary amides is 1. The number of rotatable bonds is 10. The number of hydrogen-bond donors (Lipinski definition) is 2. The second-order valence-electron chi connectivity index (χ2n) is 12.1. The van der Waals surface area contributed by atoms with Crippen LogP contribution in [0.25, 0.3) is 16.8 Å². The summed E-state index contributed by atoms with van der Waals surface area (Å²) in [5.41, 5.74) is 7.38. The van der Waals surface area contributed by atoms with Crippen LogP contribution in [-0.2, 0) is 4.79 Å². The van der Waals surface area contributed by atoms with Crippen molar-refractivity contribution >= 4 is 29.1 Å². The van der Waals surface area contributed by atoms with Crippen LogP contribution in [0.3, 0.4) is 0 Å². The van der Waals surface area contributed by atoms with Crippen molar-refractivity contribution in [2.75, 3.05) is 50.5 Å². The Hall–Kier alpha value is -5.92. The van der Waals surface area contributed by atoms with Crippen LogP contribution in [0.1, 0.15) is 17.3 Å². The van der Waals surface area contributed by atoms with Crippen LogP contribution >= 0.6 is 0 Å². The first kappa shape index (κ1) is 34.0. The van der Waals surface area contributed by atoms with E-state index >= 15 is 0 Å². The van der Waals surface area contributed by atoms with Crippen LogP contribution in [-0.4, -0.2) is 82.5 Å². The third kappa shape index (κ3) is 7.53. The molecule has 3 N–H and O–H groups in total. The minimum atomic E-state index is -0.873. The maximum absolute atomic E-state index is 13.5. The second kappa shape index (κ2) is 14.7. The minimum Gasteiger partial charge on any atom is -0.439 e. The van der Waals surface area contributed by atoms with Crippen LogP contribution in [0.4, 0.5) is 21.7 Å². The Bertz CT molecular complexity index is 2060. The lowest BCUT2D eigenvalue weighted by Gasteiger charge is -2.37. The normalized spacial score (nSPS) is 14.2. The molecule has 12 nitrogen and oxygen atoms in total. The summed E-state index contributed by atoms with van der Waals surface area (Å²) in [5, 5.41) is 3.23. The van der Waals surface area contributed by atoms with Gasteiger partial charge in [-0.2, -0.15) is 4.98 Å². The molecule has 13 heteroatoms. The highest BCUT2D eigenvalue weighted by Crippen LogP contribution is 2.29. The number of benzene rings is 3. The zero-order valence-corrected chi connectivity index (χ0v) is 27.9. The van der Waals surface area contributed by atoms with Gasteiger partial charge in [-0.15, -0.1) is 0 Å². The predicted molar refractivity (Wildman–Crippen MR) is 190 cm³/mol. The topological polar surface area (TPSA) is 139 Å². The molecule has 0 bridgehead atoms. The summed E-state index contributed by atoms with van der Waals surface area (Å²) in [6.45, 7) is 5.46. The van der Waals surface area contributed by atoms with E-state index in [0.717, 1.165) is 26.2 Å². The number of aromatic nitrogens is 3. The molecule has 2 aromatic heterocycles. The van der Waals surface area contributed by atoms with Crippen molar-refractivity contribution in [2.45, 2.75) is 13.0 Å². The molecule has 1 unspecified atom stereocenters. The summed E-state index contributed by atoms with van der Waals surface area (Å²) in [4.78, 5) is 53.6. The number of nitrogens with one attached hydrogen (secondary N) is 1. The Balaban J connectivity index is 1.17. The Morgan fingerprint density at radius 3 is 2.36 bits per heavy atom. The van der Waals surface area contributed by atoms with Gasteiger partial charge in [-0.05, 0) is 68.1 Å². The van der Waals surface area contributed by atoms with Crippen molar-refractivity contribution in [1.82, 2.24) is 24.3 Å². The van der Waals surface area contributed by atoms with Crippen molar-refractivity contribution in [3.8, 4) is 28.4 Å². The molecule has 50 heavy (non-hydrogen) atoms. The Kier molecular flexibility index (Phi) is 9.97. The number of nitrogens with zero attached hydrogens (tertiary/aromatic N) is 6. The van der Waals surface area contributed by atoms with Gasteiger partial charge in [0.05, 0.1) is 17.4 Å². The molecule has 1 fully saturated rings. The molecule has 0 radical (unpaired) electrons. The van der Waals surface area contributed by atoms with E-state index in [1.807, 2.05) is 31.2 Å². The first-order chi connectivity index (χ1) is 24.1. The standard InChI is InChI=1S/C37H37FN8O4/c1-24(45-20-18-43(2)19-21-45)36(49)44(3)32-7-5-4-6-31(32)41-37-40-17-16-33(42-37)50-28-14-12-27(13-15-28)46-22-29(25-8-10-26(38)11-9-25)34(47)30(23-46)35(39)48/h4-17,22-24H,18-21H2,1-3H3,(H2,39,48)(H,40,41,42). The van der Waals surface area contributed by atoms with Gasteiger partial charge in [0.25, 0.3) is 5.91 Å². The molecule has 0 saturated carbocycles. The molecule has 1 aliphatic heterocycles. The van der Waals surface area contributed by atoms with E-state index in [1.165, 1.54) is 30.5 Å². The lowest BCUT2D eigenvalue weighted by molar-refractivity contribution is -0.123. The number of likely N-dealkylation sites (N-methyl/N-ethyl adjacent to an activating group) is 2. The van der Waals surface area contributed by atoms with Gasteiger partial charge in [-0.25, -0.2) is 9.37 Å². The number of nitrogens with two attached hydrogens (primary N) is 1. The monoisotopic (exact) mass is 676 g/mol. The molecule has 256 valence electrons. The van der Waals surface area contributed by atoms with Gasteiger partial charge in [-0.3, -0.25) is 19.3 Å². The average molecular weight is 677 g/mol. The quantitative estimate of drug-likeness (QED) is 0.216. The van der Waals surface area contributed by atoms with E-state index in [0.29, 0.717) is 28.4 Å². The van der Waals surface area contributed by atoms with E-state index in [-0.39, 0.29) is 34.9 Å². The SMILES string of the molecule is CC(C(=O)N(C)c1ccccc1Nc1nccc(Oc2ccc(-n3cc(C(N)=O)c(=O)c(-c4ccc(F)cc4)c3)cc2)n1)N1CCN(C)CC1. The van der Waals surface area contributed by atoms with E-state index in [2.05, 4.69) is 32.1 Å². The number of amides is 2. The van der Waals surface area contributed by atoms with Crippen molar-refractivity contribution in [3.63, 3.8) is 0 Å². The first-order valence-corrected chi connectivity index (χ1v) is 16.1. The smallest absolute Gasteiger partial charge is 0.254 e. The van der Waals surface area contributed by atoms with E-state index < -0.39 is 17.2 Å². The highest BCUT2D eigenvalue weighted by molar-refractivity contribution is 5.99. The summed E-state index contributed by atoms with van der Waals surface area (Å²) in [6, 6.07) is 21.1. The van der Waals surface area contributed by atoms with Gasteiger partial charge in [0.15, 0.2) is 0 Å². The number of carbonyl (C=O) groups is 2. The third-order valence-corrected chi connectivity index (χ3v) is 8.72. The van der Waals surface area contributed by atoms with Crippen molar-refractivity contribution in [3.05, 3.63) is 119 Å². The van der Waals surface area contributed by atoms with Crippen LogP contribution in [0.15, 0.2) is 102 Å². The first-order valence-electron chi connectivity index (χ1n) is 16.1. The molecule has 6 rings (SSSR count). The number of anilines is 3. The number of piperazine rings is 1. The fourth-order valence-electron chi connectivity index (χ4n) is 5.76. The van der Waals surface area contributed by atoms with Crippen molar-refractivity contribution in [1.29, 1.82) is 0 Å². The molecular weight excluding hydrogens is 639 g/mol. The molecule has 5 aromatic rings. The number of pyridine rings is 1. The summed E-state index contributed by atoms with van der Waals surface area (Å²) < 4.78 is 21.2. The summed E-state index contributed by atoms with van der Waals surface area (Å²) >= 11 is 0. The van der Waals surface area contributed by atoms with Crippen molar-refractivity contribution < 1.29 is 18.7 Å². The molecule has 1 atom stereocenters. The lowest BCUT2D eigenvalue weighted by atomic mass is 10.0. The van der Waals surface area contributed by atoms with Gasteiger partial charge >= 0.3 is 0 Å². The number of hydrogen-bond acceptors (Lipinski definition) is 9. The lowest BCUT2D eigenvalue weighted by Crippen LogP contribution is -2.53. The third-order valence-electron chi connectivity index (χ3n) is 8.72. The number of ether oxygens (including phenoxy) is 1.